The minimum atomic E-state index is -0.193. The lowest BCUT2D eigenvalue weighted by Gasteiger charge is -2.07. The summed E-state index contributed by atoms with van der Waals surface area (Å²) in [6.07, 6.45) is 0.249. The molecule has 0 saturated carbocycles. The van der Waals surface area contributed by atoms with Gasteiger partial charge in [0, 0.05) is 5.56 Å². The first kappa shape index (κ1) is 15.7. The third-order valence-corrected chi connectivity index (χ3v) is 3.87. The molecule has 3 rings (SSSR count). The van der Waals surface area contributed by atoms with E-state index >= 15 is 0 Å². The number of benzene rings is 3. The largest absolute Gasteiger partial charge is 0.507 e. The van der Waals surface area contributed by atoms with Gasteiger partial charge in [0.25, 0.3) is 0 Å². The Bertz CT molecular complexity index is 911. The monoisotopic (exact) mass is 318 g/mol. The summed E-state index contributed by atoms with van der Waals surface area (Å²) in [6.45, 7) is 1.74. The van der Waals surface area contributed by atoms with Crippen molar-refractivity contribution in [3.8, 4) is 5.75 Å². The molecule has 0 spiro atoms. The number of hydrogen-bond acceptors (Lipinski definition) is 3. The number of aromatic hydroxyl groups is 1. The lowest BCUT2D eigenvalue weighted by molar-refractivity contribution is -0.120. The zero-order chi connectivity index (χ0) is 16.9. The van der Waals surface area contributed by atoms with Gasteiger partial charge in [-0.05, 0) is 35.4 Å². The van der Waals surface area contributed by atoms with Gasteiger partial charge in [-0.2, -0.15) is 5.10 Å². The van der Waals surface area contributed by atoms with E-state index in [1.54, 1.807) is 25.1 Å². The number of nitrogens with zero attached hydrogens (tertiary/aromatic N) is 1. The highest BCUT2D eigenvalue weighted by molar-refractivity contribution is 6.01. The van der Waals surface area contributed by atoms with Gasteiger partial charge in [-0.15, -0.1) is 0 Å². The molecule has 1 amide bonds. The van der Waals surface area contributed by atoms with Crippen molar-refractivity contribution in [1.29, 1.82) is 0 Å². The zero-order valence-corrected chi connectivity index (χ0v) is 13.4. The molecule has 3 aromatic carbocycles. The molecule has 24 heavy (non-hydrogen) atoms. The van der Waals surface area contributed by atoms with Crippen molar-refractivity contribution in [3.05, 3.63) is 77.9 Å². The fraction of sp³-hybridized carbons (Fsp3) is 0.100. The van der Waals surface area contributed by atoms with Gasteiger partial charge in [-0.1, -0.05) is 54.6 Å². The average molecular weight is 318 g/mol. The number of hydrogen-bond donors (Lipinski definition) is 2. The SMILES string of the molecule is C/C(=N\NC(=O)Cc1cccc2ccccc12)c1ccccc1O. The molecule has 0 aromatic heterocycles. The van der Waals surface area contributed by atoms with E-state index in [1.807, 2.05) is 48.5 Å². The third kappa shape index (κ3) is 3.43. The molecular weight excluding hydrogens is 300 g/mol. The van der Waals surface area contributed by atoms with Gasteiger partial charge in [0.2, 0.25) is 5.91 Å². The molecule has 4 heteroatoms. The van der Waals surface area contributed by atoms with Crippen molar-refractivity contribution in [2.75, 3.05) is 0 Å². The molecule has 0 unspecified atom stereocenters. The lowest BCUT2D eigenvalue weighted by Crippen LogP contribution is -2.21. The summed E-state index contributed by atoms with van der Waals surface area (Å²) >= 11 is 0. The van der Waals surface area contributed by atoms with Crippen LogP contribution < -0.4 is 5.43 Å². The second-order valence-corrected chi connectivity index (χ2v) is 5.56. The average Bonchev–Trinajstić information content (AvgIpc) is 2.60. The number of fused-ring (bicyclic) bond motifs is 1. The van der Waals surface area contributed by atoms with Gasteiger partial charge in [-0.3, -0.25) is 4.79 Å². The van der Waals surface area contributed by atoms with E-state index in [-0.39, 0.29) is 18.1 Å². The summed E-state index contributed by atoms with van der Waals surface area (Å²) in [6, 6.07) is 20.8. The summed E-state index contributed by atoms with van der Waals surface area (Å²) in [5, 5.41) is 16.1. The standard InChI is InChI=1S/C20H18N2O2/c1-14(17-10-4-5-12-19(17)23)21-22-20(24)13-16-9-6-8-15-7-2-3-11-18(15)16/h2-12,23H,13H2,1H3,(H,22,24)/b21-14+. The maximum absolute atomic E-state index is 12.2. The van der Waals surface area contributed by atoms with Gasteiger partial charge >= 0.3 is 0 Å². The number of nitrogens with one attached hydrogen (secondary N) is 1. The van der Waals surface area contributed by atoms with Crippen LogP contribution in [-0.4, -0.2) is 16.7 Å². The molecule has 0 aliphatic carbocycles. The van der Waals surface area contributed by atoms with E-state index in [1.165, 1.54) is 0 Å². The minimum Gasteiger partial charge on any atom is -0.507 e. The number of amides is 1. The zero-order valence-electron chi connectivity index (χ0n) is 13.4. The number of para-hydroxylation sites is 1. The molecule has 2 N–H and O–H groups in total. The number of carbonyl (C=O) groups is 1. The summed E-state index contributed by atoms with van der Waals surface area (Å²) in [4.78, 5) is 12.2. The van der Waals surface area contributed by atoms with E-state index in [4.69, 9.17) is 0 Å². The number of hydrazone groups is 1. The first-order valence-electron chi connectivity index (χ1n) is 7.73. The highest BCUT2D eigenvalue weighted by atomic mass is 16.3. The Hall–Kier alpha value is -3.14. The van der Waals surface area contributed by atoms with Crippen LogP contribution in [0.4, 0.5) is 0 Å². The Labute approximate surface area is 140 Å². The van der Waals surface area contributed by atoms with Gasteiger partial charge in [0.1, 0.15) is 5.75 Å². The molecule has 4 nitrogen and oxygen atoms in total. The van der Waals surface area contributed by atoms with Crippen molar-refractivity contribution in [3.63, 3.8) is 0 Å². The van der Waals surface area contributed by atoms with Crippen LogP contribution in [0, 0.1) is 0 Å². The second kappa shape index (κ2) is 6.96. The summed E-state index contributed by atoms with van der Waals surface area (Å²) in [5.41, 5.74) is 4.67. The quantitative estimate of drug-likeness (QED) is 0.570. The molecule has 0 atom stereocenters. The Morgan fingerprint density at radius 1 is 1.00 bits per heavy atom. The fourth-order valence-electron chi connectivity index (χ4n) is 2.65. The minimum absolute atomic E-state index is 0.141. The third-order valence-electron chi connectivity index (χ3n) is 3.87. The first-order valence-corrected chi connectivity index (χ1v) is 7.73. The van der Waals surface area contributed by atoms with Crippen LogP contribution >= 0.6 is 0 Å². The molecule has 0 bridgehead atoms. The maximum atomic E-state index is 12.2. The van der Waals surface area contributed by atoms with Crippen LogP contribution in [0.3, 0.4) is 0 Å². The topological polar surface area (TPSA) is 61.7 Å². The second-order valence-electron chi connectivity index (χ2n) is 5.56. The molecular formula is C20H18N2O2. The highest BCUT2D eigenvalue weighted by Crippen LogP contribution is 2.19. The van der Waals surface area contributed by atoms with Crippen molar-refractivity contribution in [1.82, 2.24) is 5.43 Å². The van der Waals surface area contributed by atoms with E-state index in [0.29, 0.717) is 11.3 Å². The normalized spacial score (nSPS) is 11.5. The summed E-state index contributed by atoms with van der Waals surface area (Å²) < 4.78 is 0. The van der Waals surface area contributed by atoms with Crippen molar-refractivity contribution in [2.24, 2.45) is 5.10 Å². The van der Waals surface area contributed by atoms with Crippen LogP contribution in [0.5, 0.6) is 5.75 Å². The molecule has 120 valence electrons. The van der Waals surface area contributed by atoms with Crippen LogP contribution in [0.2, 0.25) is 0 Å². The number of phenols is 1. The smallest absolute Gasteiger partial charge is 0.244 e. The predicted molar refractivity (Wildman–Crippen MR) is 96.1 cm³/mol. The Morgan fingerprint density at radius 2 is 1.71 bits per heavy atom. The predicted octanol–water partition coefficient (Wildman–Crippen LogP) is 3.63. The van der Waals surface area contributed by atoms with E-state index in [0.717, 1.165) is 16.3 Å². The van der Waals surface area contributed by atoms with Gasteiger partial charge < -0.3 is 5.11 Å². The van der Waals surface area contributed by atoms with Crippen molar-refractivity contribution in [2.45, 2.75) is 13.3 Å². The molecule has 0 aliphatic heterocycles. The van der Waals surface area contributed by atoms with Crippen LogP contribution in [0.1, 0.15) is 18.1 Å². The molecule has 3 aromatic rings. The van der Waals surface area contributed by atoms with E-state index in [9.17, 15) is 9.90 Å². The number of phenolic OH excluding ortho intramolecular Hbond substituents is 1. The Morgan fingerprint density at radius 3 is 2.54 bits per heavy atom. The van der Waals surface area contributed by atoms with Crippen LogP contribution in [0.25, 0.3) is 10.8 Å². The highest BCUT2D eigenvalue weighted by Gasteiger charge is 2.07. The first-order chi connectivity index (χ1) is 11.6. The molecule has 0 heterocycles. The maximum Gasteiger partial charge on any atom is 0.244 e. The summed E-state index contributed by atoms with van der Waals surface area (Å²) in [5.74, 6) is -0.0526. The van der Waals surface area contributed by atoms with Gasteiger partial charge in [0.05, 0.1) is 12.1 Å². The van der Waals surface area contributed by atoms with Crippen LogP contribution in [0.15, 0.2) is 71.8 Å². The molecule has 0 saturated heterocycles. The van der Waals surface area contributed by atoms with E-state index in [2.05, 4.69) is 10.5 Å². The van der Waals surface area contributed by atoms with Crippen molar-refractivity contribution >= 4 is 22.4 Å². The number of carbonyl (C=O) groups excluding carboxylic acids is 1. The Kier molecular flexibility index (Phi) is 4.57. The van der Waals surface area contributed by atoms with E-state index < -0.39 is 0 Å². The van der Waals surface area contributed by atoms with Gasteiger partial charge in [0.15, 0.2) is 0 Å². The molecule has 0 fully saturated rings. The molecule has 0 aliphatic rings. The molecule has 0 radical (unpaired) electrons. The number of rotatable bonds is 4. The van der Waals surface area contributed by atoms with Crippen molar-refractivity contribution < 1.29 is 9.90 Å². The summed E-state index contributed by atoms with van der Waals surface area (Å²) in [7, 11) is 0. The Balaban J connectivity index is 1.74. The lowest BCUT2D eigenvalue weighted by atomic mass is 10.0. The van der Waals surface area contributed by atoms with Gasteiger partial charge in [-0.25, -0.2) is 5.43 Å². The van der Waals surface area contributed by atoms with Crippen LogP contribution in [-0.2, 0) is 11.2 Å². The fourth-order valence-corrected chi connectivity index (χ4v) is 2.65.